The first kappa shape index (κ1) is 15.7. The minimum absolute atomic E-state index is 0.142. The molecule has 1 rings (SSSR count). The third kappa shape index (κ3) is 5.86. The second kappa shape index (κ2) is 8.68. The number of ether oxygens (including phenoxy) is 1. The van der Waals surface area contributed by atoms with Crippen molar-refractivity contribution >= 4 is 0 Å². The van der Waals surface area contributed by atoms with Crippen LogP contribution in [0, 0.1) is 11.8 Å². The molecule has 4 heteroatoms. The van der Waals surface area contributed by atoms with Crippen molar-refractivity contribution < 1.29 is 14.9 Å². The summed E-state index contributed by atoms with van der Waals surface area (Å²) < 4.78 is 4.90. The van der Waals surface area contributed by atoms with Crippen LogP contribution in [0.25, 0.3) is 0 Å². The molecule has 1 atom stereocenters. The van der Waals surface area contributed by atoms with Gasteiger partial charge < -0.3 is 14.9 Å². The van der Waals surface area contributed by atoms with Gasteiger partial charge in [0.25, 0.3) is 0 Å². The molecular weight excluding hydrogens is 242 g/mol. The molecule has 0 heterocycles. The number of rotatable bonds is 6. The lowest BCUT2D eigenvalue weighted by Crippen LogP contribution is -2.31. The molecule has 0 radical (unpaired) electrons. The van der Waals surface area contributed by atoms with Crippen LogP contribution in [0.3, 0.4) is 0 Å². The first-order valence-corrected chi connectivity index (χ1v) is 6.20. The normalized spacial score (nSPS) is 12.1. The quantitative estimate of drug-likeness (QED) is 0.733. The van der Waals surface area contributed by atoms with E-state index in [1.54, 1.807) is 7.11 Å². The Hall–Kier alpha value is -1.38. The Bertz CT molecular complexity index is 437. The van der Waals surface area contributed by atoms with Crippen molar-refractivity contribution in [2.75, 3.05) is 33.9 Å². The second-order valence-electron chi connectivity index (χ2n) is 4.42. The van der Waals surface area contributed by atoms with Gasteiger partial charge in [0, 0.05) is 25.8 Å². The molecule has 104 valence electrons. The van der Waals surface area contributed by atoms with Gasteiger partial charge in [0.05, 0.1) is 12.7 Å². The average Bonchev–Trinajstić information content (AvgIpc) is 2.37. The monoisotopic (exact) mass is 263 g/mol. The molecule has 0 amide bonds. The molecule has 0 aliphatic heterocycles. The van der Waals surface area contributed by atoms with Gasteiger partial charge in [-0.05, 0) is 18.7 Å². The number of hydrogen-bond donors (Lipinski definition) is 2. The summed E-state index contributed by atoms with van der Waals surface area (Å²) in [7, 11) is 3.51. The lowest BCUT2D eigenvalue weighted by atomic mass is 10.1. The van der Waals surface area contributed by atoms with Gasteiger partial charge in [-0.2, -0.15) is 0 Å². The summed E-state index contributed by atoms with van der Waals surface area (Å²) in [6.07, 6.45) is -0.495. The highest BCUT2D eigenvalue weighted by Crippen LogP contribution is 2.10. The molecule has 1 aromatic rings. The van der Waals surface area contributed by atoms with E-state index in [-0.39, 0.29) is 6.61 Å². The van der Waals surface area contributed by atoms with Gasteiger partial charge in [-0.3, -0.25) is 4.90 Å². The molecule has 1 aromatic carbocycles. The molecule has 0 saturated heterocycles. The molecule has 0 aromatic heterocycles. The highest BCUT2D eigenvalue weighted by Gasteiger charge is 2.09. The second-order valence-corrected chi connectivity index (χ2v) is 4.42. The maximum Gasteiger partial charge on any atom is 0.104 e. The third-order valence-corrected chi connectivity index (χ3v) is 2.64. The third-order valence-electron chi connectivity index (χ3n) is 2.64. The lowest BCUT2D eigenvalue weighted by molar-refractivity contribution is 0.0418. The number of aliphatic hydroxyl groups excluding tert-OH is 2. The molecule has 0 bridgehead atoms. The van der Waals surface area contributed by atoms with Gasteiger partial charge in [0.1, 0.15) is 6.61 Å². The van der Waals surface area contributed by atoms with Crippen molar-refractivity contribution in [2.45, 2.75) is 12.6 Å². The Morgan fingerprint density at radius 2 is 2.11 bits per heavy atom. The van der Waals surface area contributed by atoms with Crippen LogP contribution >= 0.6 is 0 Å². The van der Waals surface area contributed by atoms with Crippen LogP contribution in [0.2, 0.25) is 0 Å². The van der Waals surface area contributed by atoms with Crippen molar-refractivity contribution in [3.8, 4) is 11.8 Å². The molecule has 19 heavy (non-hydrogen) atoms. The van der Waals surface area contributed by atoms with Crippen molar-refractivity contribution in [3.05, 3.63) is 35.4 Å². The molecule has 1 unspecified atom stereocenters. The summed E-state index contributed by atoms with van der Waals surface area (Å²) in [6.45, 7) is 1.42. The molecule has 2 N–H and O–H groups in total. The van der Waals surface area contributed by atoms with E-state index in [1.165, 1.54) is 0 Å². The molecule has 4 nitrogen and oxygen atoms in total. The molecule has 0 aliphatic rings. The lowest BCUT2D eigenvalue weighted by Gasteiger charge is -2.20. The number of likely N-dealkylation sites (N-methyl/N-ethyl adjacent to an activating group) is 1. The van der Waals surface area contributed by atoms with Crippen LogP contribution in [0.4, 0.5) is 0 Å². The van der Waals surface area contributed by atoms with Crippen molar-refractivity contribution in [1.29, 1.82) is 0 Å². The van der Waals surface area contributed by atoms with Gasteiger partial charge in [-0.15, -0.1) is 0 Å². The number of nitrogens with zero attached hydrogens (tertiary/aromatic N) is 1. The smallest absolute Gasteiger partial charge is 0.104 e. The zero-order valence-electron chi connectivity index (χ0n) is 11.5. The Labute approximate surface area is 114 Å². The van der Waals surface area contributed by atoms with Crippen LogP contribution in [0.5, 0.6) is 0 Å². The van der Waals surface area contributed by atoms with E-state index in [4.69, 9.17) is 9.84 Å². The van der Waals surface area contributed by atoms with E-state index in [2.05, 4.69) is 11.8 Å². The standard InChI is InChI=1S/C15H21NO3/c1-16(11-15(18)12-19-2)10-14-7-4-3-6-13(14)8-5-9-17/h3-4,6-7,15,17-18H,9-12H2,1-2H3. The molecule has 0 saturated carbocycles. The number of benzene rings is 1. The maximum absolute atomic E-state index is 9.68. The highest BCUT2D eigenvalue weighted by molar-refractivity contribution is 5.41. The minimum atomic E-state index is -0.495. The van der Waals surface area contributed by atoms with Crippen molar-refractivity contribution in [1.82, 2.24) is 4.90 Å². The minimum Gasteiger partial charge on any atom is -0.389 e. The van der Waals surface area contributed by atoms with Gasteiger partial charge in [0.2, 0.25) is 0 Å². The van der Waals surface area contributed by atoms with E-state index in [1.807, 2.05) is 36.2 Å². The fourth-order valence-electron chi connectivity index (χ4n) is 1.88. The summed E-state index contributed by atoms with van der Waals surface area (Å²) in [5.74, 6) is 5.59. The fraction of sp³-hybridized carbons (Fsp3) is 0.467. The Balaban J connectivity index is 2.65. The largest absolute Gasteiger partial charge is 0.389 e. The SMILES string of the molecule is COCC(O)CN(C)Cc1ccccc1C#CCO. The summed E-state index contributed by atoms with van der Waals surface area (Å²) >= 11 is 0. The van der Waals surface area contributed by atoms with E-state index < -0.39 is 6.10 Å². The summed E-state index contributed by atoms with van der Waals surface area (Å²) in [4.78, 5) is 2.02. The first-order valence-electron chi connectivity index (χ1n) is 6.20. The predicted octanol–water partition coefficient (Wildman–Crippen LogP) is 0.469. The molecule has 0 fully saturated rings. The van der Waals surface area contributed by atoms with E-state index >= 15 is 0 Å². The highest BCUT2D eigenvalue weighted by atomic mass is 16.5. The van der Waals surface area contributed by atoms with E-state index in [0.29, 0.717) is 19.7 Å². The number of methoxy groups -OCH3 is 1. The Morgan fingerprint density at radius 1 is 1.37 bits per heavy atom. The summed E-state index contributed by atoms with van der Waals surface area (Å²) in [6, 6.07) is 7.81. The van der Waals surface area contributed by atoms with Gasteiger partial charge in [-0.25, -0.2) is 0 Å². The average molecular weight is 263 g/mol. The maximum atomic E-state index is 9.68. The van der Waals surface area contributed by atoms with Crippen LogP contribution in [0.1, 0.15) is 11.1 Å². The Kier molecular flexibility index (Phi) is 7.16. The van der Waals surface area contributed by atoms with Crippen LogP contribution in [-0.4, -0.2) is 55.1 Å². The first-order chi connectivity index (χ1) is 9.17. The van der Waals surface area contributed by atoms with Gasteiger partial charge >= 0.3 is 0 Å². The summed E-state index contributed by atoms with van der Waals surface area (Å²) in [5.41, 5.74) is 1.99. The van der Waals surface area contributed by atoms with Crippen LogP contribution in [0.15, 0.2) is 24.3 Å². The van der Waals surface area contributed by atoms with Crippen molar-refractivity contribution in [3.63, 3.8) is 0 Å². The molecule has 0 spiro atoms. The van der Waals surface area contributed by atoms with E-state index in [0.717, 1.165) is 11.1 Å². The van der Waals surface area contributed by atoms with Crippen LogP contribution in [-0.2, 0) is 11.3 Å². The number of aliphatic hydroxyl groups is 2. The van der Waals surface area contributed by atoms with Gasteiger partial charge in [0.15, 0.2) is 0 Å². The van der Waals surface area contributed by atoms with E-state index in [9.17, 15) is 5.11 Å². The zero-order chi connectivity index (χ0) is 14.1. The Morgan fingerprint density at radius 3 is 2.79 bits per heavy atom. The van der Waals surface area contributed by atoms with Gasteiger partial charge in [-0.1, -0.05) is 30.0 Å². The molecular formula is C15H21NO3. The van der Waals surface area contributed by atoms with Crippen LogP contribution < -0.4 is 0 Å². The summed E-state index contributed by atoms with van der Waals surface area (Å²) in [5, 5.41) is 18.4. The predicted molar refractivity (Wildman–Crippen MR) is 74.6 cm³/mol. The zero-order valence-corrected chi connectivity index (χ0v) is 11.5. The molecule has 0 aliphatic carbocycles. The fourth-order valence-corrected chi connectivity index (χ4v) is 1.88. The topological polar surface area (TPSA) is 52.9 Å². The van der Waals surface area contributed by atoms with Crippen molar-refractivity contribution in [2.24, 2.45) is 0 Å². The number of hydrogen-bond acceptors (Lipinski definition) is 4.